The van der Waals surface area contributed by atoms with E-state index in [0.717, 1.165) is 24.8 Å². The second-order valence-corrected chi connectivity index (χ2v) is 7.14. The van der Waals surface area contributed by atoms with Crippen LogP contribution in [-0.4, -0.2) is 16.2 Å². The Morgan fingerprint density at radius 1 is 1.35 bits per heavy atom. The molecule has 26 heavy (non-hydrogen) atoms. The fourth-order valence-electron chi connectivity index (χ4n) is 2.84. The van der Waals surface area contributed by atoms with Crippen molar-refractivity contribution in [2.45, 2.75) is 51.2 Å². The van der Waals surface area contributed by atoms with Gasteiger partial charge in [0, 0.05) is 6.54 Å². The van der Waals surface area contributed by atoms with Crippen LogP contribution in [0.15, 0.2) is 28.8 Å². The maximum Gasteiger partial charge on any atom is 0.315 e. The van der Waals surface area contributed by atoms with Crippen LogP contribution in [0.4, 0.5) is 9.18 Å². The summed E-state index contributed by atoms with van der Waals surface area (Å²) >= 11 is 0. The summed E-state index contributed by atoms with van der Waals surface area (Å²) in [6, 6.07) is 5.18. The van der Waals surface area contributed by atoms with Crippen molar-refractivity contribution in [3.8, 4) is 0 Å². The van der Waals surface area contributed by atoms with E-state index in [9.17, 15) is 9.18 Å². The van der Waals surface area contributed by atoms with Crippen LogP contribution in [0.1, 0.15) is 56.4 Å². The molecule has 1 saturated carbocycles. The first-order valence-corrected chi connectivity index (χ1v) is 8.79. The summed E-state index contributed by atoms with van der Waals surface area (Å²) in [4.78, 5) is 16.7. The number of nitrogens with two attached hydrogens (primary N) is 1. The van der Waals surface area contributed by atoms with Crippen molar-refractivity contribution in [1.29, 1.82) is 0 Å². The molecule has 0 bridgehead atoms. The van der Waals surface area contributed by atoms with Crippen molar-refractivity contribution >= 4 is 6.03 Å². The van der Waals surface area contributed by atoms with Crippen LogP contribution >= 0.6 is 0 Å². The number of amides is 2. The van der Waals surface area contributed by atoms with E-state index >= 15 is 0 Å². The molecule has 2 aromatic rings. The minimum Gasteiger partial charge on any atom is -0.337 e. The van der Waals surface area contributed by atoms with Crippen molar-refractivity contribution in [2.24, 2.45) is 11.7 Å². The molecule has 1 heterocycles. The van der Waals surface area contributed by atoms with Crippen molar-refractivity contribution in [3.63, 3.8) is 0 Å². The zero-order chi connectivity index (χ0) is 18.7. The second kappa shape index (κ2) is 7.41. The van der Waals surface area contributed by atoms with E-state index in [4.69, 9.17) is 10.3 Å². The summed E-state index contributed by atoms with van der Waals surface area (Å²) in [5.74, 6) is 0.589. The van der Waals surface area contributed by atoms with Gasteiger partial charge in [-0.1, -0.05) is 31.1 Å². The van der Waals surface area contributed by atoms with Crippen LogP contribution in [0.5, 0.6) is 0 Å². The average Bonchev–Trinajstić information content (AvgIpc) is 3.06. The summed E-state index contributed by atoms with van der Waals surface area (Å²) < 4.78 is 18.3. The van der Waals surface area contributed by atoms with Gasteiger partial charge in [-0.15, -0.1) is 0 Å². The number of nitrogens with zero attached hydrogens (tertiary/aromatic N) is 2. The first-order valence-electron chi connectivity index (χ1n) is 8.79. The van der Waals surface area contributed by atoms with Gasteiger partial charge in [-0.3, -0.25) is 0 Å². The minimum absolute atomic E-state index is 0.0509. The van der Waals surface area contributed by atoms with Gasteiger partial charge in [0.1, 0.15) is 11.9 Å². The molecule has 1 aliphatic rings. The lowest BCUT2D eigenvalue weighted by atomic mass is 9.77. The van der Waals surface area contributed by atoms with E-state index < -0.39 is 11.6 Å². The number of rotatable bonds is 6. The summed E-state index contributed by atoms with van der Waals surface area (Å²) in [7, 11) is 0. The molecule has 8 heteroatoms. The van der Waals surface area contributed by atoms with Crippen molar-refractivity contribution in [2.75, 3.05) is 0 Å². The summed E-state index contributed by atoms with van der Waals surface area (Å²) in [5.41, 5.74) is 6.52. The lowest BCUT2D eigenvalue weighted by Gasteiger charge is -2.34. The molecule has 1 aliphatic carbocycles. The van der Waals surface area contributed by atoms with Gasteiger partial charge in [-0.05, 0) is 42.9 Å². The third-order valence-electron chi connectivity index (χ3n) is 4.72. The van der Waals surface area contributed by atoms with Crippen LogP contribution in [0, 0.1) is 11.7 Å². The van der Waals surface area contributed by atoms with Gasteiger partial charge in [0.2, 0.25) is 5.89 Å². The standard InChI is InChI=1S/C18H24FN5O2/c1-11(2)14(15-23-16(24-26-15)18(20)8-3-9-18)22-17(25)21-10-12-4-6-13(19)7-5-12/h4-7,11,14H,3,8-10,20H2,1-2H3,(H2,21,22,25). The van der Waals surface area contributed by atoms with E-state index in [1.54, 1.807) is 12.1 Å². The lowest BCUT2D eigenvalue weighted by Crippen LogP contribution is -2.44. The molecule has 3 rings (SSSR count). The molecule has 1 fully saturated rings. The Bertz CT molecular complexity index is 755. The minimum atomic E-state index is -0.506. The van der Waals surface area contributed by atoms with E-state index in [2.05, 4.69) is 20.8 Å². The van der Waals surface area contributed by atoms with Gasteiger partial charge in [0.15, 0.2) is 5.82 Å². The number of hydrogen-bond acceptors (Lipinski definition) is 5. The van der Waals surface area contributed by atoms with Gasteiger partial charge in [-0.25, -0.2) is 9.18 Å². The monoisotopic (exact) mass is 361 g/mol. The first kappa shape index (κ1) is 18.3. The zero-order valence-corrected chi connectivity index (χ0v) is 15.0. The number of hydrogen-bond donors (Lipinski definition) is 3. The van der Waals surface area contributed by atoms with Crippen LogP contribution in [0.25, 0.3) is 0 Å². The van der Waals surface area contributed by atoms with Gasteiger partial charge in [-0.2, -0.15) is 4.98 Å². The molecule has 0 aliphatic heterocycles. The Labute approximate surface area is 151 Å². The molecule has 0 spiro atoms. The Hall–Kier alpha value is -2.48. The summed E-state index contributed by atoms with van der Waals surface area (Å²) in [5, 5.41) is 9.60. The first-order chi connectivity index (χ1) is 12.4. The molecule has 0 radical (unpaired) electrons. The highest BCUT2D eigenvalue weighted by Gasteiger charge is 2.39. The molecule has 1 atom stereocenters. The van der Waals surface area contributed by atoms with Gasteiger partial charge >= 0.3 is 6.03 Å². The predicted octanol–water partition coefficient (Wildman–Crippen LogP) is 2.74. The van der Waals surface area contributed by atoms with Crippen molar-refractivity contribution < 1.29 is 13.7 Å². The normalized spacial score (nSPS) is 16.8. The second-order valence-electron chi connectivity index (χ2n) is 7.14. The van der Waals surface area contributed by atoms with E-state index in [0.29, 0.717) is 11.7 Å². The fourth-order valence-corrected chi connectivity index (χ4v) is 2.84. The smallest absolute Gasteiger partial charge is 0.315 e. The molecule has 1 unspecified atom stereocenters. The molecule has 140 valence electrons. The third-order valence-corrected chi connectivity index (χ3v) is 4.72. The number of halogens is 1. The maximum atomic E-state index is 12.9. The predicted molar refractivity (Wildman–Crippen MR) is 93.4 cm³/mol. The number of urea groups is 1. The van der Waals surface area contributed by atoms with Gasteiger partial charge < -0.3 is 20.9 Å². The van der Waals surface area contributed by atoms with Crippen molar-refractivity contribution in [1.82, 2.24) is 20.8 Å². The highest BCUT2D eigenvalue weighted by Crippen LogP contribution is 2.37. The third kappa shape index (κ3) is 4.01. The topological polar surface area (TPSA) is 106 Å². The Morgan fingerprint density at radius 3 is 2.62 bits per heavy atom. The number of carbonyl (C=O) groups is 1. The fraction of sp³-hybridized carbons (Fsp3) is 0.500. The van der Waals surface area contributed by atoms with Crippen LogP contribution < -0.4 is 16.4 Å². The summed E-state index contributed by atoms with van der Waals surface area (Å²) in [6.07, 6.45) is 2.73. The van der Waals surface area contributed by atoms with E-state index in [1.807, 2.05) is 13.8 Å². The largest absolute Gasteiger partial charge is 0.337 e. The van der Waals surface area contributed by atoms with E-state index in [-0.39, 0.29) is 24.3 Å². The van der Waals surface area contributed by atoms with Gasteiger partial charge in [0.05, 0.1) is 5.54 Å². The SMILES string of the molecule is CC(C)C(NC(=O)NCc1ccc(F)cc1)c1nc(C2(N)CCC2)no1. The average molecular weight is 361 g/mol. The van der Waals surface area contributed by atoms with Crippen molar-refractivity contribution in [3.05, 3.63) is 47.4 Å². The van der Waals surface area contributed by atoms with Crippen LogP contribution in [-0.2, 0) is 12.1 Å². The Balaban J connectivity index is 1.61. The number of carbonyl (C=O) groups excluding carboxylic acids is 1. The number of nitrogens with one attached hydrogen (secondary N) is 2. The Morgan fingerprint density at radius 2 is 2.04 bits per heavy atom. The maximum absolute atomic E-state index is 12.9. The molecule has 7 nitrogen and oxygen atoms in total. The molecular formula is C18H24FN5O2. The number of aromatic nitrogens is 2. The molecule has 4 N–H and O–H groups in total. The molecule has 0 saturated heterocycles. The Kier molecular flexibility index (Phi) is 5.22. The molecule has 2 amide bonds. The van der Waals surface area contributed by atoms with Gasteiger partial charge in [0.25, 0.3) is 0 Å². The molecule has 1 aromatic heterocycles. The molecular weight excluding hydrogens is 337 g/mol. The number of benzene rings is 1. The quantitative estimate of drug-likeness (QED) is 0.733. The molecule has 1 aromatic carbocycles. The van der Waals surface area contributed by atoms with Crippen LogP contribution in [0.3, 0.4) is 0 Å². The zero-order valence-electron chi connectivity index (χ0n) is 15.0. The van der Waals surface area contributed by atoms with E-state index in [1.165, 1.54) is 12.1 Å². The summed E-state index contributed by atoms with van der Waals surface area (Å²) in [6.45, 7) is 4.20. The lowest BCUT2D eigenvalue weighted by molar-refractivity contribution is 0.220. The van der Waals surface area contributed by atoms with Crippen LogP contribution in [0.2, 0.25) is 0 Å². The highest BCUT2D eigenvalue weighted by molar-refractivity contribution is 5.74. The highest BCUT2D eigenvalue weighted by atomic mass is 19.1.